The van der Waals surface area contributed by atoms with Crippen LogP contribution in [0.25, 0.3) is 0 Å². The van der Waals surface area contributed by atoms with Crippen molar-refractivity contribution in [2.24, 2.45) is 5.73 Å². The van der Waals surface area contributed by atoms with Crippen molar-refractivity contribution in [3.05, 3.63) is 51.2 Å². The minimum Gasteiger partial charge on any atom is -0.497 e. The van der Waals surface area contributed by atoms with E-state index in [1.54, 1.807) is 25.3 Å². The van der Waals surface area contributed by atoms with Crippen molar-refractivity contribution < 1.29 is 9.13 Å². The fraction of sp³-hybridized carbons (Fsp3) is 0.0714. The Morgan fingerprint density at radius 1 is 1.38 bits per heavy atom. The minimum atomic E-state index is -0.433. The molecule has 0 saturated heterocycles. The zero-order valence-electron chi connectivity index (χ0n) is 10.9. The third-order valence-electron chi connectivity index (χ3n) is 2.76. The Balaban J connectivity index is 2.50. The highest BCUT2D eigenvalue weighted by molar-refractivity contribution is 9.10. The molecule has 0 aliphatic heterocycles. The number of methoxy groups -OCH3 is 1. The van der Waals surface area contributed by atoms with Gasteiger partial charge in [-0.15, -0.1) is 0 Å². The number of hydrogen-bond donors (Lipinski definition) is 2. The van der Waals surface area contributed by atoms with Gasteiger partial charge in [0.15, 0.2) is 0 Å². The summed E-state index contributed by atoms with van der Waals surface area (Å²) in [5.41, 5.74) is 7.48. The second-order valence-electron chi connectivity index (χ2n) is 4.15. The van der Waals surface area contributed by atoms with Gasteiger partial charge in [-0.05, 0) is 40.2 Å². The van der Waals surface area contributed by atoms with Gasteiger partial charge in [0.1, 0.15) is 16.6 Å². The molecule has 7 heteroatoms. The fourth-order valence-corrected chi connectivity index (χ4v) is 2.84. The lowest BCUT2D eigenvalue weighted by molar-refractivity contribution is 0.415. The summed E-state index contributed by atoms with van der Waals surface area (Å²) in [4.78, 5) is 0.231. The summed E-state index contributed by atoms with van der Waals surface area (Å²) in [6, 6.07) is 7.76. The van der Waals surface area contributed by atoms with Gasteiger partial charge >= 0.3 is 0 Å². The van der Waals surface area contributed by atoms with E-state index >= 15 is 0 Å². The van der Waals surface area contributed by atoms with Gasteiger partial charge in [0.05, 0.1) is 23.5 Å². The third-order valence-corrected chi connectivity index (χ3v) is 3.90. The van der Waals surface area contributed by atoms with E-state index in [0.29, 0.717) is 27.2 Å². The molecule has 0 bridgehead atoms. The van der Waals surface area contributed by atoms with Crippen molar-refractivity contribution in [3.8, 4) is 5.75 Å². The second-order valence-corrected chi connectivity index (χ2v) is 5.85. The van der Waals surface area contributed by atoms with Crippen LogP contribution in [0.1, 0.15) is 5.56 Å². The van der Waals surface area contributed by atoms with Crippen molar-refractivity contribution >= 4 is 56.1 Å². The quantitative estimate of drug-likeness (QED) is 0.749. The summed E-state index contributed by atoms with van der Waals surface area (Å²) in [7, 11) is 1.56. The Hall–Kier alpha value is -1.37. The predicted octanol–water partition coefficient (Wildman–Crippen LogP) is 4.63. The molecule has 0 fully saturated rings. The van der Waals surface area contributed by atoms with E-state index in [-0.39, 0.29) is 10.0 Å². The Bertz CT molecular complexity index is 688. The zero-order chi connectivity index (χ0) is 15.6. The van der Waals surface area contributed by atoms with Gasteiger partial charge in [-0.3, -0.25) is 0 Å². The number of benzene rings is 2. The van der Waals surface area contributed by atoms with Gasteiger partial charge in [-0.2, -0.15) is 0 Å². The van der Waals surface area contributed by atoms with Crippen LogP contribution in [0.15, 0.2) is 34.8 Å². The second kappa shape index (κ2) is 6.60. The van der Waals surface area contributed by atoms with Gasteiger partial charge in [0, 0.05) is 16.1 Å². The van der Waals surface area contributed by atoms with Crippen LogP contribution >= 0.6 is 39.7 Å². The first-order valence-corrected chi connectivity index (χ1v) is 7.39. The molecule has 2 rings (SSSR count). The van der Waals surface area contributed by atoms with Crippen LogP contribution in [0, 0.1) is 5.82 Å². The van der Waals surface area contributed by atoms with Crippen LogP contribution in [0.2, 0.25) is 5.02 Å². The maximum atomic E-state index is 13.3. The molecular formula is C14H11BrClFN2OS. The molecule has 2 aromatic rings. The standard InChI is InChI=1S/C14H11BrClFN2OS/c1-20-8-2-3-9(14(18)21)12(6-8)19-13-10(15)4-7(17)5-11(13)16/h2-6,19H,1H3,(H2,18,21). The number of halogens is 3. The zero-order valence-corrected chi connectivity index (χ0v) is 14.1. The van der Waals surface area contributed by atoms with E-state index in [1.807, 2.05) is 0 Å². The Labute approximate surface area is 140 Å². The molecule has 0 aliphatic rings. The highest BCUT2D eigenvalue weighted by Crippen LogP contribution is 2.35. The van der Waals surface area contributed by atoms with E-state index < -0.39 is 5.82 Å². The summed E-state index contributed by atoms with van der Waals surface area (Å²) in [5, 5.41) is 3.33. The van der Waals surface area contributed by atoms with Crippen LogP contribution < -0.4 is 15.8 Å². The molecule has 0 aromatic heterocycles. The Morgan fingerprint density at radius 3 is 2.67 bits per heavy atom. The van der Waals surface area contributed by atoms with Crippen molar-refractivity contribution in [3.63, 3.8) is 0 Å². The van der Waals surface area contributed by atoms with Crippen LogP contribution in [0.5, 0.6) is 5.75 Å². The Kier molecular flexibility index (Phi) is 5.03. The highest BCUT2D eigenvalue weighted by atomic mass is 79.9. The van der Waals surface area contributed by atoms with Gasteiger partial charge in [0.2, 0.25) is 0 Å². The van der Waals surface area contributed by atoms with Crippen molar-refractivity contribution in [2.45, 2.75) is 0 Å². The summed E-state index contributed by atoms with van der Waals surface area (Å²) < 4.78 is 18.9. The number of ether oxygens (including phenoxy) is 1. The molecule has 0 aliphatic carbocycles. The maximum Gasteiger partial charge on any atom is 0.125 e. The van der Waals surface area contributed by atoms with Gasteiger partial charge < -0.3 is 15.8 Å². The first-order valence-electron chi connectivity index (χ1n) is 5.81. The van der Waals surface area contributed by atoms with Crippen molar-refractivity contribution in [2.75, 3.05) is 12.4 Å². The largest absolute Gasteiger partial charge is 0.497 e. The van der Waals surface area contributed by atoms with Crippen LogP contribution in [0.3, 0.4) is 0 Å². The first-order chi connectivity index (χ1) is 9.92. The maximum absolute atomic E-state index is 13.3. The number of hydrogen-bond acceptors (Lipinski definition) is 3. The summed E-state index contributed by atoms with van der Waals surface area (Å²) in [6.07, 6.45) is 0. The number of rotatable bonds is 4. The molecule has 0 unspecified atom stereocenters. The SMILES string of the molecule is COc1ccc(C(N)=S)c(Nc2c(Cl)cc(F)cc2Br)c1. The van der Waals surface area contributed by atoms with Crippen LogP contribution in [-0.2, 0) is 0 Å². The molecule has 0 saturated carbocycles. The van der Waals surface area contributed by atoms with E-state index in [0.717, 1.165) is 0 Å². The smallest absolute Gasteiger partial charge is 0.125 e. The molecule has 0 heterocycles. The summed E-state index contributed by atoms with van der Waals surface area (Å²) in [6.45, 7) is 0. The molecule has 0 radical (unpaired) electrons. The third kappa shape index (κ3) is 3.64. The average Bonchev–Trinajstić information content (AvgIpc) is 2.42. The lowest BCUT2D eigenvalue weighted by atomic mass is 10.1. The predicted molar refractivity (Wildman–Crippen MR) is 91.3 cm³/mol. The topological polar surface area (TPSA) is 47.3 Å². The first kappa shape index (κ1) is 16.0. The number of thiocarbonyl (C=S) groups is 1. The van der Waals surface area contributed by atoms with Gasteiger partial charge in [0.25, 0.3) is 0 Å². The molecule has 110 valence electrons. The molecule has 2 aromatic carbocycles. The lowest BCUT2D eigenvalue weighted by Crippen LogP contribution is -2.12. The normalized spacial score (nSPS) is 10.3. The molecular weight excluding hydrogens is 379 g/mol. The fourth-order valence-electron chi connectivity index (χ4n) is 1.76. The average molecular weight is 390 g/mol. The molecule has 0 spiro atoms. The Morgan fingerprint density at radius 2 is 2.10 bits per heavy atom. The van der Waals surface area contributed by atoms with Gasteiger partial charge in [-0.25, -0.2) is 4.39 Å². The van der Waals surface area contributed by atoms with Gasteiger partial charge in [-0.1, -0.05) is 23.8 Å². The molecule has 21 heavy (non-hydrogen) atoms. The van der Waals surface area contributed by atoms with Crippen LogP contribution in [-0.4, -0.2) is 12.1 Å². The van der Waals surface area contributed by atoms with Crippen molar-refractivity contribution in [1.82, 2.24) is 0 Å². The molecule has 0 atom stereocenters. The van der Waals surface area contributed by atoms with E-state index in [1.165, 1.54) is 12.1 Å². The molecule has 3 N–H and O–H groups in total. The van der Waals surface area contributed by atoms with E-state index in [9.17, 15) is 4.39 Å². The van der Waals surface area contributed by atoms with Crippen LogP contribution in [0.4, 0.5) is 15.8 Å². The number of nitrogens with two attached hydrogens (primary N) is 1. The molecule has 3 nitrogen and oxygen atoms in total. The number of nitrogens with one attached hydrogen (secondary N) is 1. The minimum absolute atomic E-state index is 0.231. The highest BCUT2D eigenvalue weighted by Gasteiger charge is 2.12. The molecule has 0 amide bonds. The number of anilines is 2. The summed E-state index contributed by atoms with van der Waals surface area (Å²) in [5.74, 6) is 0.199. The lowest BCUT2D eigenvalue weighted by Gasteiger charge is -2.15. The summed E-state index contributed by atoms with van der Waals surface area (Å²) >= 11 is 14.4. The van der Waals surface area contributed by atoms with E-state index in [4.69, 9.17) is 34.3 Å². The van der Waals surface area contributed by atoms with E-state index in [2.05, 4.69) is 21.2 Å². The monoisotopic (exact) mass is 388 g/mol. The van der Waals surface area contributed by atoms with Crippen molar-refractivity contribution in [1.29, 1.82) is 0 Å².